The Kier molecular flexibility index (Phi) is 4.32. The van der Waals surface area contributed by atoms with Gasteiger partial charge in [-0.3, -0.25) is 10.1 Å². The van der Waals surface area contributed by atoms with Crippen molar-refractivity contribution in [1.82, 2.24) is 0 Å². The number of rotatable bonds is 4. The third-order valence-electron chi connectivity index (χ3n) is 5.18. The van der Waals surface area contributed by atoms with Crippen molar-refractivity contribution in [3.63, 3.8) is 0 Å². The summed E-state index contributed by atoms with van der Waals surface area (Å²) >= 11 is 6.44. The molecule has 2 aromatic carbocycles. The van der Waals surface area contributed by atoms with Gasteiger partial charge < -0.3 is 10.1 Å². The van der Waals surface area contributed by atoms with Gasteiger partial charge in [-0.25, -0.2) is 0 Å². The highest BCUT2D eigenvalue weighted by atomic mass is 35.5. The van der Waals surface area contributed by atoms with E-state index < -0.39 is 0 Å². The molecule has 0 radical (unpaired) electrons. The highest BCUT2D eigenvalue weighted by Crippen LogP contribution is 2.53. The second kappa shape index (κ2) is 6.65. The fourth-order valence-corrected chi connectivity index (χ4v) is 4.29. The van der Waals surface area contributed by atoms with E-state index in [1.807, 2.05) is 19.1 Å². The van der Waals surface area contributed by atoms with Crippen LogP contribution in [0.15, 0.2) is 48.6 Å². The number of benzene rings is 2. The lowest BCUT2D eigenvalue weighted by Gasteiger charge is -2.38. The van der Waals surface area contributed by atoms with E-state index in [1.54, 1.807) is 12.1 Å². The zero-order chi connectivity index (χ0) is 18.3. The molecule has 0 spiro atoms. The minimum Gasteiger partial charge on any atom is -0.492 e. The fourth-order valence-electron chi connectivity index (χ4n) is 4.06. The zero-order valence-corrected chi connectivity index (χ0v) is 15.1. The largest absolute Gasteiger partial charge is 0.492 e. The van der Waals surface area contributed by atoms with Crippen LogP contribution in [0.5, 0.6) is 5.75 Å². The molecule has 0 aromatic heterocycles. The maximum absolute atomic E-state index is 11.2. The Labute approximate surface area is 156 Å². The summed E-state index contributed by atoms with van der Waals surface area (Å²) in [5, 5.41) is 15.3. The van der Waals surface area contributed by atoms with Crippen molar-refractivity contribution in [1.29, 1.82) is 0 Å². The van der Waals surface area contributed by atoms with E-state index in [2.05, 4.69) is 23.5 Å². The van der Waals surface area contributed by atoms with Gasteiger partial charge in [-0.05, 0) is 37.0 Å². The molecule has 1 aliphatic heterocycles. The van der Waals surface area contributed by atoms with Gasteiger partial charge >= 0.3 is 0 Å². The molecule has 4 rings (SSSR count). The summed E-state index contributed by atoms with van der Waals surface area (Å²) in [6, 6.07) is 10.6. The number of hydrogen-bond acceptors (Lipinski definition) is 4. The molecule has 134 valence electrons. The molecule has 6 heteroatoms. The second-order valence-corrected chi connectivity index (χ2v) is 7.00. The number of nitro benzene ring substituents is 1. The molecule has 0 saturated heterocycles. The Morgan fingerprint density at radius 2 is 2.15 bits per heavy atom. The number of fused-ring (bicyclic) bond motifs is 3. The Morgan fingerprint density at radius 1 is 1.31 bits per heavy atom. The lowest BCUT2D eigenvalue weighted by Crippen LogP contribution is -2.29. The number of allylic oxidation sites excluding steroid dienone is 2. The van der Waals surface area contributed by atoms with Crippen LogP contribution in [-0.2, 0) is 0 Å². The van der Waals surface area contributed by atoms with Crippen molar-refractivity contribution in [2.45, 2.75) is 25.3 Å². The standard InChI is InChI=1S/C20H19ClN2O3/c1-2-26-18-8-4-7-15-13-5-3-6-14(13)19(22-20(15)18)16-11-12(23(24)25)9-10-17(16)21/h3-5,7-11,13-14,19,22H,2,6H2,1H3/t13-,14+,19-/m1/s1. The van der Waals surface area contributed by atoms with Gasteiger partial charge in [-0.1, -0.05) is 35.9 Å². The van der Waals surface area contributed by atoms with E-state index in [9.17, 15) is 10.1 Å². The van der Waals surface area contributed by atoms with Gasteiger partial charge in [-0.2, -0.15) is 0 Å². The van der Waals surface area contributed by atoms with E-state index in [1.165, 1.54) is 11.6 Å². The van der Waals surface area contributed by atoms with Crippen LogP contribution in [0.1, 0.15) is 36.4 Å². The Morgan fingerprint density at radius 3 is 2.92 bits per heavy atom. The molecule has 26 heavy (non-hydrogen) atoms. The smallest absolute Gasteiger partial charge is 0.269 e. The molecular weight excluding hydrogens is 352 g/mol. The van der Waals surface area contributed by atoms with Gasteiger partial charge in [0.05, 0.1) is 23.3 Å². The van der Waals surface area contributed by atoms with Crippen LogP contribution in [0.25, 0.3) is 0 Å². The average molecular weight is 371 g/mol. The second-order valence-electron chi connectivity index (χ2n) is 6.59. The highest BCUT2D eigenvalue weighted by Gasteiger charge is 2.40. The van der Waals surface area contributed by atoms with E-state index in [0.717, 1.165) is 23.4 Å². The first-order valence-corrected chi connectivity index (χ1v) is 9.10. The van der Waals surface area contributed by atoms with Crippen molar-refractivity contribution >= 4 is 23.0 Å². The topological polar surface area (TPSA) is 64.4 Å². The predicted octanol–water partition coefficient (Wildman–Crippen LogP) is 5.47. The highest BCUT2D eigenvalue weighted by molar-refractivity contribution is 6.31. The molecule has 1 aliphatic carbocycles. The first-order chi connectivity index (χ1) is 12.6. The molecule has 1 N–H and O–H groups in total. The molecule has 0 saturated carbocycles. The van der Waals surface area contributed by atoms with Gasteiger partial charge in [0.15, 0.2) is 0 Å². The quantitative estimate of drug-likeness (QED) is 0.440. The van der Waals surface area contributed by atoms with Gasteiger partial charge in [0.25, 0.3) is 5.69 Å². The predicted molar refractivity (Wildman–Crippen MR) is 102 cm³/mol. The number of nitrogens with zero attached hydrogens (tertiary/aromatic N) is 1. The third kappa shape index (κ3) is 2.72. The van der Waals surface area contributed by atoms with E-state index in [-0.39, 0.29) is 28.5 Å². The Balaban J connectivity index is 1.82. The lowest BCUT2D eigenvalue weighted by atomic mass is 9.77. The first kappa shape index (κ1) is 16.9. The summed E-state index contributed by atoms with van der Waals surface area (Å²) in [6.07, 6.45) is 5.30. The molecule has 5 nitrogen and oxygen atoms in total. The summed E-state index contributed by atoms with van der Waals surface area (Å²) in [5.74, 6) is 1.31. The molecule has 2 aliphatic rings. The molecule has 2 aromatic rings. The molecule has 0 unspecified atom stereocenters. The number of non-ortho nitro benzene ring substituents is 1. The minimum atomic E-state index is -0.382. The van der Waals surface area contributed by atoms with Crippen LogP contribution in [0.4, 0.5) is 11.4 Å². The number of anilines is 1. The van der Waals surface area contributed by atoms with E-state index in [4.69, 9.17) is 16.3 Å². The molecule has 0 fully saturated rings. The van der Waals surface area contributed by atoms with Crippen LogP contribution in [-0.4, -0.2) is 11.5 Å². The van der Waals surface area contributed by atoms with Crippen LogP contribution >= 0.6 is 11.6 Å². The zero-order valence-electron chi connectivity index (χ0n) is 14.3. The van der Waals surface area contributed by atoms with Crippen molar-refractivity contribution < 1.29 is 9.66 Å². The third-order valence-corrected chi connectivity index (χ3v) is 5.53. The number of nitro groups is 1. The van der Waals surface area contributed by atoms with Crippen molar-refractivity contribution in [3.8, 4) is 5.75 Å². The van der Waals surface area contributed by atoms with Crippen LogP contribution in [0.3, 0.4) is 0 Å². The van der Waals surface area contributed by atoms with Crippen molar-refractivity contribution in [2.75, 3.05) is 11.9 Å². The van der Waals surface area contributed by atoms with Crippen LogP contribution < -0.4 is 10.1 Å². The van der Waals surface area contributed by atoms with Gasteiger partial charge in [0, 0.05) is 28.6 Å². The fraction of sp³-hybridized carbons (Fsp3) is 0.300. The Bertz CT molecular complexity index is 897. The molecule has 0 bridgehead atoms. The maximum atomic E-state index is 11.2. The maximum Gasteiger partial charge on any atom is 0.269 e. The van der Waals surface area contributed by atoms with Crippen molar-refractivity contribution in [2.24, 2.45) is 5.92 Å². The number of para-hydroxylation sites is 1. The molecule has 0 amide bonds. The number of ether oxygens (including phenoxy) is 1. The summed E-state index contributed by atoms with van der Waals surface area (Å²) in [7, 11) is 0. The average Bonchev–Trinajstić information content (AvgIpc) is 3.12. The van der Waals surface area contributed by atoms with Gasteiger partial charge in [0.1, 0.15) is 5.75 Å². The van der Waals surface area contributed by atoms with E-state index in [0.29, 0.717) is 11.6 Å². The lowest BCUT2D eigenvalue weighted by molar-refractivity contribution is -0.384. The molecule has 1 heterocycles. The minimum absolute atomic E-state index is 0.0533. The molecular formula is C20H19ClN2O3. The Hall–Kier alpha value is -2.53. The van der Waals surface area contributed by atoms with E-state index >= 15 is 0 Å². The summed E-state index contributed by atoms with van der Waals surface area (Å²) in [4.78, 5) is 10.8. The number of hydrogen-bond donors (Lipinski definition) is 1. The molecule has 3 atom stereocenters. The summed E-state index contributed by atoms with van der Waals surface area (Å²) in [5.41, 5.74) is 2.97. The summed E-state index contributed by atoms with van der Waals surface area (Å²) < 4.78 is 5.80. The first-order valence-electron chi connectivity index (χ1n) is 8.73. The van der Waals surface area contributed by atoms with Crippen molar-refractivity contribution in [3.05, 3.63) is 74.8 Å². The van der Waals surface area contributed by atoms with Crippen LogP contribution in [0, 0.1) is 16.0 Å². The normalized spacial score (nSPS) is 23.1. The van der Waals surface area contributed by atoms with Crippen LogP contribution in [0.2, 0.25) is 5.02 Å². The SMILES string of the molecule is CCOc1cccc2c1N[C@@H](c1cc([N+](=O)[O-])ccc1Cl)[C@H]1CC=C[C@@H]21. The monoisotopic (exact) mass is 370 g/mol. The number of halogens is 1. The van der Waals surface area contributed by atoms with Gasteiger partial charge in [0.2, 0.25) is 0 Å². The summed E-state index contributed by atoms with van der Waals surface area (Å²) in [6.45, 7) is 2.53. The number of nitrogens with one attached hydrogen (secondary N) is 1. The van der Waals surface area contributed by atoms with Gasteiger partial charge in [-0.15, -0.1) is 0 Å².